The summed E-state index contributed by atoms with van der Waals surface area (Å²) in [5.74, 6) is -0.710. The summed E-state index contributed by atoms with van der Waals surface area (Å²) in [7, 11) is 1.39. The molecule has 1 atom stereocenters. The molecule has 0 aliphatic rings. The first-order valence-corrected chi connectivity index (χ1v) is 4.82. The molecule has 1 unspecified atom stereocenters. The van der Waals surface area contributed by atoms with Crippen molar-refractivity contribution < 1.29 is 9.13 Å². The number of halogens is 2. The normalized spacial score (nSPS) is 11.9. The summed E-state index contributed by atoms with van der Waals surface area (Å²) in [5, 5.41) is 8.75. The minimum atomic E-state index is -0.459. The zero-order valence-corrected chi connectivity index (χ0v) is 9.43. The molecule has 0 aromatic heterocycles. The lowest BCUT2D eigenvalue weighted by Gasteiger charge is -2.11. The molecule has 1 aromatic rings. The Morgan fingerprint density at radius 2 is 2.21 bits per heavy atom. The van der Waals surface area contributed by atoms with Crippen LogP contribution in [0.1, 0.15) is 18.4 Å². The van der Waals surface area contributed by atoms with Crippen molar-refractivity contribution in [2.24, 2.45) is 0 Å². The first kappa shape index (κ1) is 11.0. The van der Waals surface area contributed by atoms with Gasteiger partial charge < -0.3 is 4.74 Å². The van der Waals surface area contributed by atoms with E-state index in [4.69, 9.17) is 10.00 Å². The second-order valence-electron chi connectivity index (χ2n) is 2.86. The predicted octanol–water partition coefficient (Wildman–Crippen LogP) is 3.22. The average molecular weight is 258 g/mol. The Kier molecular flexibility index (Phi) is 3.48. The van der Waals surface area contributed by atoms with Gasteiger partial charge in [-0.15, -0.1) is 0 Å². The van der Waals surface area contributed by atoms with Gasteiger partial charge in [-0.3, -0.25) is 0 Å². The third kappa shape index (κ3) is 2.05. The molecule has 2 nitrogen and oxygen atoms in total. The minimum Gasteiger partial charge on any atom is -0.493 e. The van der Waals surface area contributed by atoms with E-state index < -0.39 is 11.7 Å². The van der Waals surface area contributed by atoms with Crippen molar-refractivity contribution in [2.45, 2.75) is 12.8 Å². The number of nitriles is 1. The van der Waals surface area contributed by atoms with Crippen LogP contribution in [0.5, 0.6) is 5.75 Å². The van der Waals surface area contributed by atoms with Crippen LogP contribution >= 0.6 is 15.9 Å². The Labute approximate surface area is 90.4 Å². The Morgan fingerprint density at radius 1 is 1.57 bits per heavy atom. The Balaban J connectivity index is 3.33. The van der Waals surface area contributed by atoms with Gasteiger partial charge in [-0.25, -0.2) is 4.39 Å². The highest BCUT2D eigenvalue weighted by Gasteiger charge is 2.15. The van der Waals surface area contributed by atoms with Gasteiger partial charge in [0.05, 0.1) is 19.1 Å². The van der Waals surface area contributed by atoms with Crippen LogP contribution in [-0.2, 0) is 0 Å². The number of benzene rings is 1. The average Bonchev–Trinajstić information content (AvgIpc) is 2.15. The van der Waals surface area contributed by atoms with E-state index in [1.165, 1.54) is 13.2 Å². The maximum absolute atomic E-state index is 13.3. The number of hydrogen-bond acceptors (Lipinski definition) is 2. The Morgan fingerprint density at radius 3 is 2.71 bits per heavy atom. The van der Waals surface area contributed by atoms with Crippen molar-refractivity contribution >= 4 is 15.9 Å². The van der Waals surface area contributed by atoms with Crippen LogP contribution in [0.15, 0.2) is 16.6 Å². The van der Waals surface area contributed by atoms with E-state index in [1.54, 1.807) is 13.0 Å². The lowest BCUT2D eigenvalue weighted by atomic mass is 10.0. The molecule has 74 valence electrons. The standard InChI is InChI=1S/C10H9BrFNO/c1-6(5-13)8-3-7(11)4-9(12)10(8)14-2/h3-4,6H,1-2H3. The molecule has 0 spiro atoms. The third-order valence-electron chi connectivity index (χ3n) is 1.90. The molecule has 1 aromatic carbocycles. The predicted molar refractivity (Wildman–Crippen MR) is 54.7 cm³/mol. The van der Waals surface area contributed by atoms with E-state index >= 15 is 0 Å². The van der Waals surface area contributed by atoms with E-state index in [0.29, 0.717) is 10.0 Å². The lowest BCUT2D eigenvalue weighted by Crippen LogP contribution is -1.98. The molecular weight excluding hydrogens is 249 g/mol. The first-order chi connectivity index (χ1) is 6.60. The number of ether oxygens (including phenoxy) is 1. The van der Waals surface area contributed by atoms with Crippen molar-refractivity contribution in [1.82, 2.24) is 0 Å². The van der Waals surface area contributed by atoms with Crippen LogP contribution in [0.4, 0.5) is 4.39 Å². The molecule has 0 radical (unpaired) electrons. The van der Waals surface area contributed by atoms with Gasteiger partial charge in [-0.2, -0.15) is 5.26 Å². The summed E-state index contributed by atoms with van der Waals surface area (Å²) in [6.07, 6.45) is 0. The van der Waals surface area contributed by atoms with Gasteiger partial charge >= 0.3 is 0 Å². The molecular formula is C10H9BrFNO. The van der Waals surface area contributed by atoms with E-state index in [0.717, 1.165) is 0 Å². The van der Waals surface area contributed by atoms with Crippen LogP contribution in [0.3, 0.4) is 0 Å². The van der Waals surface area contributed by atoms with Gasteiger partial charge in [0.25, 0.3) is 0 Å². The molecule has 0 fully saturated rings. The van der Waals surface area contributed by atoms with Gasteiger partial charge in [0.2, 0.25) is 0 Å². The van der Waals surface area contributed by atoms with Crippen molar-refractivity contribution in [3.63, 3.8) is 0 Å². The van der Waals surface area contributed by atoms with Gasteiger partial charge in [-0.05, 0) is 19.1 Å². The van der Waals surface area contributed by atoms with Gasteiger partial charge in [0.1, 0.15) is 0 Å². The highest BCUT2D eigenvalue weighted by atomic mass is 79.9. The molecule has 0 bridgehead atoms. The van der Waals surface area contributed by atoms with E-state index in [1.807, 2.05) is 6.07 Å². The largest absolute Gasteiger partial charge is 0.493 e. The smallest absolute Gasteiger partial charge is 0.166 e. The Bertz CT molecular complexity index is 386. The summed E-state index contributed by atoms with van der Waals surface area (Å²) in [4.78, 5) is 0. The molecule has 0 aliphatic heterocycles. The van der Waals surface area contributed by atoms with Gasteiger partial charge in [0, 0.05) is 10.0 Å². The quantitative estimate of drug-likeness (QED) is 0.815. The van der Waals surface area contributed by atoms with Crippen molar-refractivity contribution in [3.05, 3.63) is 28.0 Å². The fraction of sp³-hybridized carbons (Fsp3) is 0.300. The van der Waals surface area contributed by atoms with Crippen molar-refractivity contribution in [2.75, 3.05) is 7.11 Å². The molecule has 0 amide bonds. The third-order valence-corrected chi connectivity index (χ3v) is 2.36. The van der Waals surface area contributed by atoms with Gasteiger partial charge in [0.15, 0.2) is 11.6 Å². The molecule has 0 heterocycles. The van der Waals surface area contributed by atoms with Gasteiger partial charge in [-0.1, -0.05) is 15.9 Å². The van der Waals surface area contributed by atoms with Crippen molar-refractivity contribution in [1.29, 1.82) is 5.26 Å². The minimum absolute atomic E-state index is 0.141. The number of nitrogens with zero attached hydrogens (tertiary/aromatic N) is 1. The molecule has 0 saturated carbocycles. The number of rotatable bonds is 2. The molecule has 1 rings (SSSR count). The van der Waals surface area contributed by atoms with Crippen molar-refractivity contribution in [3.8, 4) is 11.8 Å². The van der Waals surface area contributed by atoms with E-state index in [2.05, 4.69) is 15.9 Å². The molecule has 14 heavy (non-hydrogen) atoms. The zero-order chi connectivity index (χ0) is 10.7. The number of hydrogen-bond donors (Lipinski definition) is 0. The summed E-state index contributed by atoms with van der Waals surface area (Å²) >= 11 is 3.17. The molecule has 4 heteroatoms. The van der Waals surface area contributed by atoms with Crippen LogP contribution in [0, 0.1) is 17.1 Å². The van der Waals surface area contributed by atoms with E-state index in [9.17, 15) is 4.39 Å². The molecule has 0 N–H and O–H groups in total. The number of methoxy groups -OCH3 is 1. The highest BCUT2D eigenvalue weighted by molar-refractivity contribution is 9.10. The fourth-order valence-corrected chi connectivity index (χ4v) is 1.63. The summed E-state index contributed by atoms with van der Waals surface area (Å²) in [6, 6.07) is 5.05. The topological polar surface area (TPSA) is 33.0 Å². The highest BCUT2D eigenvalue weighted by Crippen LogP contribution is 2.32. The summed E-state index contributed by atoms with van der Waals surface area (Å²) < 4.78 is 18.9. The fourth-order valence-electron chi connectivity index (χ4n) is 1.19. The van der Waals surface area contributed by atoms with E-state index in [-0.39, 0.29) is 5.75 Å². The van der Waals surface area contributed by atoms with Crippen LogP contribution in [0.25, 0.3) is 0 Å². The SMILES string of the molecule is COc1c(F)cc(Br)cc1C(C)C#N. The van der Waals surface area contributed by atoms with Crippen LogP contribution in [0.2, 0.25) is 0 Å². The van der Waals surface area contributed by atoms with Crippen LogP contribution < -0.4 is 4.74 Å². The second-order valence-corrected chi connectivity index (χ2v) is 3.78. The molecule has 0 saturated heterocycles. The van der Waals surface area contributed by atoms with Crippen LogP contribution in [-0.4, -0.2) is 7.11 Å². The Hall–Kier alpha value is -1.08. The maximum Gasteiger partial charge on any atom is 0.166 e. The lowest BCUT2D eigenvalue weighted by molar-refractivity contribution is 0.380. The first-order valence-electron chi connectivity index (χ1n) is 4.02. The summed E-state index contributed by atoms with van der Waals surface area (Å²) in [5.41, 5.74) is 0.557. The molecule has 0 aliphatic carbocycles. The second kappa shape index (κ2) is 4.43. The summed E-state index contributed by atoms with van der Waals surface area (Å²) in [6.45, 7) is 1.70. The monoisotopic (exact) mass is 257 g/mol. The zero-order valence-electron chi connectivity index (χ0n) is 7.84. The maximum atomic E-state index is 13.3.